The molecule has 470 valence electrons. The number of benzene rings is 6. The zero-order chi connectivity index (χ0) is 58.9. The number of carbonyl (C=O) groups excluding carboxylic acids is 6. The molecule has 88 heavy (non-hydrogen) atoms. The van der Waals surface area contributed by atoms with Gasteiger partial charge in [-0.3, -0.25) is 28.8 Å². The molecule has 0 N–H and O–H groups in total. The number of para-hydroxylation sites is 3. The van der Waals surface area contributed by atoms with Crippen LogP contribution in [0.25, 0.3) is 0 Å². The zero-order valence-electron chi connectivity index (χ0n) is 49.0. The molecule has 0 radical (unpaired) electrons. The maximum absolute atomic E-state index is 13.7. The van der Waals surface area contributed by atoms with Gasteiger partial charge in [0, 0.05) is 30.1 Å². The first-order valence-corrected chi connectivity index (χ1v) is 33.6. The van der Waals surface area contributed by atoms with E-state index in [1.165, 1.54) is 84.1 Å². The predicted molar refractivity (Wildman–Crippen MR) is 376 cm³/mol. The van der Waals surface area contributed by atoms with Gasteiger partial charge in [-0.25, -0.2) is 9.80 Å². The topological polar surface area (TPSA) is 112 Å². The number of amides is 5. The Kier molecular flexibility index (Phi) is 28.8. The summed E-state index contributed by atoms with van der Waals surface area (Å²) in [6.45, 7) is 6.96. The van der Waals surface area contributed by atoms with Gasteiger partial charge in [-0.2, -0.15) is 0 Å². The highest BCUT2D eigenvalue weighted by Gasteiger charge is 2.72. The average molecular weight is 1240 g/mol. The fourth-order valence-corrected chi connectivity index (χ4v) is 17.1. The van der Waals surface area contributed by atoms with Gasteiger partial charge in [-0.05, 0) is 102 Å². The number of ketones is 1. The van der Waals surface area contributed by atoms with Crippen molar-refractivity contribution in [1.29, 1.82) is 0 Å². The van der Waals surface area contributed by atoms with Crippen molar-refractivity contribution >= 4 is 87.7 Å². The fourth-order valence-electron chi connectivity index (χ4n) is 12.6. The Morgan fingerprint density at radius 3 is 1.11 bits per heavy atom. The Balaban J connectivity index is 0.000000235. The molecule has 3 heterocycles. The Hall–Kier alpha value is -6.47. The van der Waals surface area contributed by atoms with Crippen molar-refractivity contribution in [2.24, 2.45) is 11.8 Å². The number of allylic oxidation sites excluding steroid dienone is 1. The molecule has 2 saturated heterocycles. The van der Waals surface area contributed by atoms with E-state index in [1.54, 1.807) is 34.5 Å². The third-order valence-corrected chi connectivity index (χ3v) is 21.7. The van der Waals surface area contributed by atoms with Crippen LogP contribution in [0.3, 0.4) is 0 Å². The normalized spacial score (nSPS) is 22.2. The number of hydrogen-bond acceptors (Lipinski definition) is 9. The van der Waals surface area contributed by atoms with Crippen molar-refractivity contribution in [2.75, 3.05) is 38.5 Å². The number of nitrogens with zero attached hydrogens (tertiary/aromatic N) is 3. The summed E-state index contributed by atoms with van der Waals surface area (Å²) in [6, 6.07) is 58.7. The third-order valence-electron chi connectivity index (χ3n) is 17.2. The van der Waals surface area contributed by atoms with Gasteiger partial charge in [0.25, 0.3) is 17.7 Å². The molecule has 4 fully saturated rings. The maximum atomic E-state index is 13.7. The molecule has 11 rings (SSSR count). The number of hydrogen-bond donors (Lipinski definition) is 0. The summed E-state index contributed by atoms with van der Waals surface area (Å²) in [5.74, 6) is 2.05. The second kappa shape index (κ2) is 35.1. The number of unbranched alkanes of at least 4 members (excludes halogenated alkanes) is 9. The first-order valence-electron chi connectivity index (χ1n) is 30.6. The highest BCUT2D eigenvalue weighted by Crippen LogP contribution is 2.65. The molecule has 3 aliphatic heterocycles. The van der Waals surface area contributed by atoms with Gasteiger partial charge in [0.05, 0.1) is 34.0 Å². The number of carbonyl (C=O) groups is 6. The minimum Gasteiger partial charge on any atom is -0.307 e. The molecule has 1 unspecified atom stereocenters. The van der Waals surface area contributed by atoms with E-state index < -0.39 is 9.49 Å². The summed E-state index contributed by atoms with van der Waals surface area (Å²) in [7, 11) is 0. The van der Waals surface area contributed by atoms with Gasteiger partial charge < -0.3 is 4.90 Å². The third kappa shape index (κ3) is 15.7. The Labute approximate surface area is 540 Å². The molecular weight excluding hydrogens is 1150 g/mol. The minimum atomic E-state index is -0.638. The summed E-state index contributed by atoms with van der Waals surface area (Å²) in [5.41, 5.74) is 5.54. The highest BCUT2D eigenvalue weighted by molar-refractivity contribution is 8.04. The van der Waals surface area contributed by atoms with Gasteiger partial charge in [0.2, 0.25) is 11.8 Å². The Morgan fingerprint density at radius 1 is 0.398 bits per heavy atom. The van der Waals surface area contributed by atoms with Crippen LogP contribution >= 0.6 is 35.3 Å². The van der Waals surface area contributed by atoms with Crippen LogP contribution in [-0.4, -0.2) is 68.6 Å². The number of rotatable bonds is 24. The summed E-state index contributed by atoms with van der Waals surface area (Å²) >= 11 is 4.98. The quantitative estimate of drug-likeness (QED) is 0.0432. The van der Waals surface area contributed by atoms with Crippen molar-refractivity contribution in [1.82, 2.24) is 0 Å². The van der Waals surface area contributed by atoms with Gasteiger partial charge in [0.15, 0.2) is 5.78 Å². The van der Waals surface area contributed by atoms with Crippen LogP contribution in [0.15, 0.2) is 193 Å². The zero-order valence-corrected chi connectivity index (χ0v) is 51.5. The molecule has 5 amide bonds. The van der Waals surface area contributed by atoms with E-state index in [4.69, 9.17) is 0 Å². The molecule has 0 spiro atoms. The number of thioether (sulfide) groups is 3. The molecule has 0 aromatic heterocycles. The first-order chi connectivity index (χ1) is 41.1. The lowest BCUT2D eigenvalue weighted by Gasteiger charge is -2.48. The van der Waals surface area contributed by atoms with E-state index in [1.807, 2.05) is 158 Å². The molecule has 2 saturated carbocycles. The number of fused-ring (bicyclic) bond motifs is 2. The smallest absolute Gasteiger partial charge is 0.264 e. The van der Waals surface area contributed by atoms with Crippen molar-refractivity contribution in [3.63, 3.8) is 0 Å². The van der Waals surface area contributed by atoms with Gasteiger partial charge in [0.1, 0.15) is 9.49 Å². The summed E-state index contributed by atoms with van der Waals surface area (Å²) in [4.78, 5) is 85.3. The second-order valence-corrected chi connectivity index (χ2v) is 26.5. The van der Waals surface area contributed by atoms with E-state index in [0.29, 0.717) is 22.8 Å². The lowest BCUT2D eigenvalue weighted by atomic mass is 9.62. The van der Waals surface area contributed by atoms with Crippen LogP contribution in [-0.2, 0) is 28.8 Å². The Morgan fingerprint density at radius 2 is 0.739 bits per heavy atom. The summed E-state index contributed by atoms with van der Waals surface area (Å²) in [6.07, 6.45) is 17.1. The van der Waals surface area contributed by atoms with E-state index in [0.717, 1.165) is 67.0 Å². The second-order valence-electron chi connectivity index (χ2n) is 22.6. The van der Waals surface area contributed by atoms with E-state index >= 15 is 0 Å². The van der Waals surface area contributed by atoms with Crippen LogP contribution in [0, 0.1) is 11.8 Å². The maximum Gasteiger partial charge on any atom is 0.264 e. The SMILES string of the molecule is C.C.C.C.CCCCCCSC1=CC(=O)C(c2ccccc2)CN(c2ccccc2)C1=O.CCCCCCS[C@]12C(=O)N(c3ccccc3)C(=O)[C@H]1C[C@@H]2c1ccccc1.CCCCCCS[C@]12C(=O)N(c3ccccc3)C(=O)[C@H]1C[C@H]2c1ccccc1. The molecule has 6 aromatic rings. The van der Waals surface area contributed by atoms with Crippen LogP contribution in [0.2, 0.25) is 0 Å². The van der Waals surface area contributed by atoms with Gasteiger partial charge >= 0.3 is 0 Å². The Bertz CT molecular complexity index is 3030. The molecule has 6 aromatic carbocycles. The molecule has 2 aliphatic carbocycles. The minimum absolute atomic E-state index is 0. The molecule has 0 bridgehead atoms. The number of imide groups is 2. The van der Waals surface area contributed by atoms with E-state index in [-0.39, 0.29) is 94.6 Å². The monoisotopic (exact) mass is 1240 g/mol. The van der Waals surface area contributed by atoms with Crippen LogP contribution < -0.4 is 14.7 Å². The van der Waals surface area contributed by atoms with Crippen LogP contribution in [0.1, 0.15) is 175 Å². The van der Waals surface area contributed by atoms with E-state index in [2.05, 4.69) is 45.0 Å². The van der Waals surface area contributed by atoms with Crippen molar-refractivity contribution in [2.45, 2.75) is 168 Å². The summed E-state index contributed by atoms with van der Waals surface area (Å²) in [5, 5.41) is 0. The fraction of sp³-hybridized carbons (Fsp3) is 0.421. The van der Waals surface area contributed by atoms with Crippen molar-refractivity contribution in [3.8, 4) is 0 Å². The predicted octanol–water partition coefficient (Wildman–Crippen LogP) is 19.0. The average Bonchev–Trinajstić information content (AvgIpc) is 1.53. The molecule has 7 atom stereocenters. The standard InChI is InChI=1S/3C24H27NO2S.4CH4/c2*1-2-3-4-11-16-28-24-20(18-12-7-5-8-13-18)17-21(24)22(26)25(23(24)27)19-14-9-6-10-15-19;1-2-3-4-11-16-28-23-17-22(26)21(19-12-7-5-8-13-19)18-25(24(23)27)20-14-9-6-10-15-20;;;;/h2*5-10,12-15,20-21H,2-4,11,16-17H2,1H3;5-10,12-15,17,21H,2-4,11,16,18H2,1H3;4*1H4/t20-,21+,24-;20-,21-,24+;;;;;/m01...../s1. The van der Waals surface area contributed by atoms with Crippen molar-refractivity contribution < 1.29 is 28.8 Å². The summed E-state index contributed by atoms with van der Waals surface area (Å²) < 4.78 is -1.28. The molecule has 5 aliphatic rings. The lowest BCUT2D eigenvalue weighted by molar-refractivity contribution is -0.123. The largest absolute Gasteiger partial charge is 0.307 e. The van der Waals surface area contributed by atoms with Crippen LogP contribution in [0.5, 0.6) is 0 Å². The van der Waals surface area contributed by atoms with E-state index in [9.17, 15) is 28.8 Å². The molecule has 12 heteroatoms. The molecule has 9 nitrogen and oxygen atoms in total. The number of anilines is 3. The van der Waals surface area contributed by atoms with Gasteiger partial charge in [-0.1, -0.05) is 254 Å². The van der Waals surface area contributed by atoms with Crippen LogP contribution in [0.4, 0.5) is 17.1 Å². The highest BCUT2D eigenvalue weighted by atomic mass is 32.2. The van der Waals surface area contributed by atoms with Crippen molar-refractivity contribution in [3.05, 3.63) is 210 Å². The van der Waals surface area contributed by atoms with Gasteiger partial charge in [-0.15, -0.1) is 35.3 Å². The first kappa shape index (κ1) is 72.3. The molecular formula is C76H97N3O6S3. The lowest BCUT2D eigenvalue weighted by Crippen LogP contribution is -2.54.